The van der Waals surface area contributed by atoms with Crippen molar-refractivity contribution in [3.05, 3.63) is 34.9 Å². The molecule has 0 aliphatic heterocycles. The second kappa shape index (κ2) is 5.65. The molecule has 1 rings (SSSR count). The van der Waals surface area contributed by atoms with Crippen LogP contribution in [0.2, 0.25) is 0 Å². The molecule has 1 aromatic rings. The van der Waals surface area contributed by atoms with Gasteiger partial charge in [0.1, 0.15) is 0 Å². The highest BCUT2D eigenvalue weighted by atomic mass is 14.9. The minimum absolute atomic E-state index is 0.144. The van der Waals surface area contributed by atoms with Crippen molar-refractivity contribution in [1.82, 2.24) is 5.32 Å². The molecule has 2 nitrogen and oxygen atoms in total. The van der Waals surface area contributed by atoms with Crippen LogP contribution in [0.15, 0.2) is 18.2 Å². The summed E-state index contributed by atoms with van der Waals surface area (Å²) >= 11 is 0. The van der Waals surface area contributed by atoms with Gasteiger partial charge in [0.25, 0.3) is 0 Å². The Balaban J connectivity index is 2.77. The lowest BCUT2D eigenvalue weighted by Crippen LogP contribution is -2.39. The van der Waals surface area contributed by atoms with E-state index >= 15 is 0 Å². The van der Waals surface area contributed by atoms with E-state index in [2.05, 4.69) is 51.2 Å². The number of rotatable bonds is 5. The molecule has 1 aromatic carbocycles. The van der Waals surface area contributed by atoms with Crippen LogP contribution in [0, 0.1) is 13.8 Å². The first-order valence-electron chi connectivity index (χ1n) is 6.37. The molecular formula is C15H26N2. The Kier molecular flexibility index (Phi) is 4.72. The molecule has 0 radical (unpaired) electrons. The molecule has 0 amide bonds. The largest absolute Gasteiger partial charge is 0.327 e. The van der Waals surface area contributed by atoms with Gasteiger partial charge in [-0.25, -0.2) is 0 Å². The number of aryl methyl sites for hydroxylation is 2. The average Bonchev–Trinajstić information content (AvgIpc) is 2.20. The maximum Gasteiger partial charge on any atom is 0.0136 e. The minimum Gasteiger partial charge on any atom is -0.327 e. The van der Waals surface area contributed by atoms with Crippen molar-refractivity contribution in [2.45, 2.75) is 46.1 Å². The Bertz CT molecular complexity index is 367. The number of nitrogens with two attached hydrogens (primary N) is 1. The lowest BCUT2D eigenvalue weighted by molar-refractivity contribution is 0.456. The van der Waals surface area contributed by atoms with Gasteiger partial charge < -0.3 is 11.1 Å². The van der Waals surface area contributed by atoms with Crippen LogP contribution in [-0.2, 0) is 5.41 Å². The van der Waals surface area contributed by atoms with E-state index in [9.17, 15) is 0 Å². The summed E-state index contributed by atoms with van der Waals surface area (Å²) in [6.45, 7) is 12.7. The standard InChI is InChI=1S/C15H26N2/c1-11-6-7-12(2)14(8-11)15(4,5)10-17-9-13(3)16/h6-8,13,17H,9-10,16H2,1-5H3. The lowest BCUT2D eigenvalue weighted by Gasteiger charge is -2.28. The Labute approximate surface area is 106 Å². The van der Waals surface area contributed by atoms with Crippen LogP contribution < -0.4 is 11.1 Å². The summed E-state index contributed by atoms with van der Waals surface area (Å²) in [5, 5.41) is 3.45. The van der Waals surface area contributed by atoms with Gasteiger partial charge in [-0.2, -0.15) is 0 Å². The van der Waals surface area contributed by atoms with E-state index in [1.807, 2.05) is 6.92 Å². The molecule has 1 unspecified atom stereocenters. The third-order valence-electron chi connectivity index (χ3n) is 3.16. The zero-order valence-electron chi connectivity index (χ0n) is 11.8. The van der Waals surface area contributed by atoms with Crippen molar-refractivity contribution >= 4 is 0 Å². The fraction of sp³-hybridized carbons (Fsp3) is 0.600. The molecule has 0 aromatic heterocycles. The molecular weight excluding hydrogens is 208 g/mol. The van der Waals surface area contributed by atoms with Crippen LogP contribution in [0.25, 0.3) is 0 Å². The van der Waals surface area contributed by atoms with E-state index in [1.54, 1.807) is 0 Å². The topological polar surface area (TPSA) is 38.0 Å². The molecule has 2 heteroatoms. The predicted octanol–water partition coefficient (Wildman–Crippen LogP) is 2.52. The Morgan fingerprint density at radius 1 is 1.29 bits per heavy atom. The van der Waals surface area contributed by atoms with Crippen LogP contribution in [0.3, 0.4) is 0 Å². The zero-order valence-corrected chi connectivity index (χ0v) is 11.8. The van der Waals surface area contributed by atoms with E-state index in [0.717, 1.165) is 13.1 Å². The SMILES string of the molecule is Cc1ccc(C)c(C(C)(C)CNCC(C)N)c1. The molecule has 0 bridgehead atoms. The van der Waals surface area contributed by atoms with Gasteiger partial charge in [0.15, 0.2) is 0 Å². The van der Waals surface area contributed by atoms with E-state index in [4.69, 9.17) is 5.73 Å². The highest BCUT2D eigenvalue weighted by molar-refractivity contribution is 5.36. The molecule has 17 heavy (non-hydrogen) atoms. The summed E-state index contributed by atoms with van der Waals surface area (Å²) in [4.78, 5) is 0. The van der Waals surface area contributed by atoms with Crippen LogP contribution in [-0.4, -0.2) is 19.1 Å². The number of hydrogen-bond acceptors (Lipinski definition) is 2. The third kappa shape index (κ3) is 4.14. The van der Waals surface area contributed by atoms with Crippen molar-refractivity contribution in [2.24, 2.45) is 5.73 Å². The summed E-state index contributed by atoms with van der Waals surface area (Å²) in [5.74, 6) is 0. The van der Waals surface area contributed by atoms with Crippen molar-refractivity contribution in [3.63, 3.8) is 0 Å². The summed E-state index contributed by atoms with van der Waals surface area (Å²) < 4.78 is 0. The van der Waals surface area contributed by atoms with Crippen LogP contribution in [0.1, 0.15) is 37.5 Å². The van der Waals surface area contributed by atoms with Gasteiger partial charge in [0.2, 0.25) is 0 Å². The molecule has 0 aliphatic carbocycles. The monoisotopic (exact) mass is 234 g/mol. The average molecular weight is 234 g/mol. The zero-order chi connectivity index (χ0) is 13.1. The van der Waals surface area contributed by atoms with Gasteiger partial charge in [0.05, 0.1) is 0 Å². The van der Waals surface area contributed by atoms with Crippen molar-refractivity contribution < 1.29 is 0 Å². The maximum atomic E-state index is 5.75. The van der Waals surface area contributed by atoms with E-state index < -0.39 is 0 Å². The van der Waals surface area contributed by atoms with Gasteiger partial charge in [0, 0.05) is 24.5 Å². The molecule has 0 saturated heterocycles. The van der Waals surface area contributed by atoms with E-state index in [-0.39, 0.29) is 11.5 Å². The number of hydrogen-bond donors (Lipinski definition) is 2. The first-order chi connectivity index (χ1) is 7.83. The Morgan fingerprint density at radius 2 is 1.94 bits per heavy atom. The highest BCUT2D eigenvalue weighted by Crippen LogP contribution is 2.26. The molecule has 1 atom stereocenters. The quantitative estimate of drug-likeness (QED) is 0.821. The normalized spacial score (nSPS) is 13.8. The van der Waals surface area contributed by atoms with Gasteiger partial charge in [-0.3, -0.25) is 0 Å². The molecule has 3 N–H and O–H groups in total. The summed E-state index contributed by atoms with van der Waals surface area (Å²) in [5.41, 5.74) is 10.0. The van der Waals surface area contributed by atoms with E-state index in [1.165, 1.54) is 16.7 Å². The maximum absolute atomic E-state index is 5.75. The Morgan fingerprint density at radius 3 is 2.53 bits per heavy atom. The Hall–Kier alpha value is -0.860. The number of benzene rings is 1. The first kappa shape index (κ1) is 14.2. The van der Waals surface area contributed by atoms with Crippen molar-refractivity contribution in [3.8, 4) is 0 Å². The second-order valence-electron chi connectivity index (χ2n) is 5.81. The molecule has 0 saturated carbocycles. The molecule has 0 heterocycles. The van der Waals surface area contributed by atoms with Crippen LogP contribution >= 0.6 is 0 Å². The molecule has 0 fully saturated rings. The van der Waals surface area contributed by atoms with Crippen molar-refractivity contribution in [1.29, 1.82) is 0 Å². The summed E-state index contributed by atoms with van der Waals surface area (Å²) in [6, 6.07) is 6.88. The first-order valence-corrected chi connectivity index (χ1v) is 6.37. The number of nitrogens with one attached hydrogen (secondary N) is 1. The second-order valence-corrected chi connectivity index (χ2v) is 5.81. The van der Waals surface area contributed by atoms with Crippen molar-refractivity contribution in [2.75, 3.05) is 13.1 Å². The van der Waals surface area contributed by atoms with E-state index in [0.29, 0.717) is 0 Å². The molecule has 0 spiro atoms. The van der Waals surface area contributed by atoms with Gasteiger partial charge in [-0.1, -0.05) is 37.6 Å². The van der Waals surface area contributed by atoms with Gasteiger partial charge in [-0.15, -0.1) is 0 Å². The van der Waals surface area contributed by atoms with Gasteiger partial charge >= 0.3 is 0 Å². The van der Waals surface area contributed by atoms with Crippen LogP contribution in [0.5, 0.6) is 0 Å². The summed E-state index contributed by atoms with van der Waals surface area (Å²) in [7, 11) is 0. The fourth-order valence-corrected chi connectivity index (χ4v) is 2.17. The fourth-order valence-electron chi connectivity index (χ4n) is 2.17. The lowest BCUT2D eigenvalue weighted by atomic mass is 9.81. The molecule has 0 aliphatic rings. The molecule has 96 valence electrons. The predicted molar refractivity (Wildman–Crippen MR) is 75.5 cm³/mol. The van der Waals surface area contributed by atoms with Gasteiger partial charge in [-0.05, 0) is 31.9 Å². The minimum atomic E-state index is 0.144. The summed E-state index contributed by atoms with van der Waals surface area (Å²) in [6.07, 6.45) is 0. The highest BCUT2D eigenvalue weighted by Gasteiger charge is 2.22. The smallest absolute Gasteiger partial charge is 0.0136 e. The van der Waals surface area contributed by atoms with Crippen LogP contribution in [0.4, 0.5) is 0 Å². The third-order valence-corrected chi connectivity index (χ3v) is 3.16.